The summed E-state index contributed by atoms with van der Waals surface area (Å²) in [5.74, 6) is 1.21. The number of carbonyl (C=O) groups excluding carboxylic acids is 1. The topological polar surface area (TPSA) is 75.3 Å². The van der Waals surface area contributed by atoms with E-state index in [2.05, 4.69) is 10.6 Å². The monoisotopic (exact) mass is 432 g/mol. The zero-order valence-corrected chi connectivity index (χ0v) is 17.9. The molecule has 154 valence electrons. The Balaban J connectivity index is 1.53. The fourth-order valence-electron chi connectivity index (χ4n) is 4.63. The van der Waals surface area contributed by atoms with Crippen molar-refractivity contribution in [3.8, 4) is 0 Å². The van der Waals surface area contributed by atoms with E-state index in [9.17, 15) is 13.2 Å². The van der Waals surface area contributed by atoms with Crippen LogP contribution < -0.4 is 10.6 Å². The van der Waals surface area contributed by atoms with E-state index in [0.717, 1.165) is 12.3 Å². The lowest BCUT2D eigenvalue weighted by atomic mass is 9.95. The summed E-state index contributed by atoms with van der Waals surface area (Å²) in [6.45, 7) is 1.77. The number of rotatable bonds is 6. The molecule has 2 fully saturated rings. The van der Waals surface area contributed by atoms with Crippen LogP contribution in [0.1, 0.15) is 31.2 Å². The molecule has 0 aliphatic heterocycles. The molecule has 0 spiro atoms. The third kappa shape index (κ3) is 4.01. The van der Waals surface area contributed by atoms with Crippen molar-refractivity contribution < 1.29 is 13.2 Å². The van der Waals surface area contributed by atoms with Crippen molar-refractivity contribution in [3.63, 3.8) is 0 Å². The van der Waals surface area contributed by atoms with Gasteiger partial charge < -0.3 is 10.6 Å². The fraction of sp³-hybridized carbons (Fsp3) is 0.409. The number of hydrogen-bond donors (Lipinski definition) is 2. The first-order valence-corrected chi connectivity index (χ1v) is 11.8. The predicted molar refractivity (Wildman–Crippen MR) is 114 cm³/mol. The summed E-state index contributed by atoms with van der Waals surface area (Å²) < 4.78 is 26.4. The van der Waals surface area contributed by atoms with Gasteiger partial charge in [-0.1, -0.05) is 42.3 Å². The molecule has 2 bridgehead atoms. The smallest absolute Gasteiger partial charge is 0.239 e. The van der Waals surface area contributed by atoms with E-state index in [1.165, 1.54) is 19.3 Å². The van der Waals surface area contributed by atoms with Gasteiger partial charge in [0.05, 0.1) is 22.2 Å². The number of halogens is 1. The highest BCUT2D eigenvalue weighted by Crippen LogP contribution is 2.44. The zero-order valence-electron chi connectivity index (χ0n) is 16.3. The molecular weight excluding hydrogens is 408 g/mol. The lowest BCUT2D eigenvalue weighted by molar-refractivity contribution is -0.120. The van der Waals surface area contributed by atoms with Gasteiger partial charge in [-0.2, -0.15) is 0 Å². The van der Waals surface area contributed by atoms with Gasteiger partial charge in [0.2, 0.25) is 15.7 Å². The summed E-state index contributed by atoms with van der Waals surface area (Å²) in [5.41, 5.74) is 1.01. The lowest BCUT2D eigenvalue weighted by Crippen LogP contribution is -2.41. The SMILES string of the molecule is Cc1ccc(NCC(=O)NC2CC3CCC2C3)c(S(=O)(=O)c2ccccc2)c1Cl. The van der Waals surface area contributed by atoms with E-state index in [4.69, 9.17) is 11.6 Å². The van der Waals surface area contributed by atoms with E-state index < -0.39 is 9.84 Å². The summed E-state index contributed by atoms with van der Waals surface area (Å²) in [4.78, 5) is 12.7. The van der Waals surface area contributed by atoms with E-state index in [1.54, 1.807) is 49.4 Å². The Morgan fingerprint density at radius 1 is 1.10 bits per heavy atom. The Kier molecular flexibility index (Phi) is 5.58. The van der Waals surface area contributed by atoms with Gasteiger partial charge in [-0.25, -0.2) is 8.42 Å². The predicted octanol–water partition coefficient (Wildman–Crippen LogP) is 4.20. The Bertz CT molecular complexity index is 1020. The van der Waals surface area contributed by atoms with Gasteiger partial charge in [0.1, 0.15) is 4.90 Å². The van der Waals surface area contributed by atoms with Crippen LogP contribution in [0.2, 0.25) is 5.02 Å². The van der Waals surface area contributed by atoms with Gasteiger partial charge in [0.25, 0.3) is 0 Å². The van der Waals surface area contributed by atoms with Crippen LogP contribution in [-0.4, -0.2) is 26.9 Å². The third-order valence-electron chi connectivity index (χ3n) is 6.14. The maximum Gasteiger partial charge on any atom is 0.239 e. The molecule has 0 radical (unpaired) electrons. The minimum absolute atomic E-state index is 0.00455. The number of fused-ring (bicyclic) bond motifs is 2. The highest BCUT2D eigenvalue weighted by molar-refractivity contribution is 7.91. The highest BCUT2D eigenvalue weighted by atomic mass is 35.5. The molecule has 29 heavy (non-hydrogen) atoms. The second-order valence-electron chi connectivity index (χ2n) is 8.09. The molecule has 0 saturated heterocycles. The second kappa shape index (κ2) is 8.00. The Morgan fingerprint density at radius 3 is 2.52 bits per heavy atom. The van der Waals surface area contributed by atoms with E-state index >= 15 is 0 Å². The molecule has 4 rings (SSSR count). The van der Waals surface area contributed by atoms with Crippen LogP contribution >= 0.6 is 11.6 Å². The second-order valence-corrected chi connectivity index (χ2v) is 10.4. The normalized spacial score (nSPS) is 23.2. The number of benzene rings is 2. The van der Waals surface area contributed by atoms with Crippen molar-refractivity contribution in [2.45, 2.75) is 48.4 Å². The van der Waals surface area contributed by atoms with Crippen LogP contribution in [0.3, 0.4) is 0 Å². The number of amides is 1. The summed E-state index contributed by atoms with van der Waals surface area (Å²) >= 11 is 6.41. The number of nitrogens with one attached hydrogen (secondary N) is 2. The number of aryl methyl sites for hydroxylation is 1. The molecule has 2 N–H and O–H groups in total. The molecule has 2 aliphatic carbocycles. The molecule has 0 heterocycles. The van der Waals surface area contributed by atoms with Crippen LogP contribution in [0.15, 0.2) is 52.3 Å². The third-order valence-corrected chi connectivity index (χ3v) is 8.59. The minimum Gasteiger partial charge on any atom is -0.375 e. The fourth-order valence-corrected chi connectivity index (χ4v) is 6.68. The first kappa shape index (κ1) is 20.2. The quantitative estimate of drug-likeness (QED) is 0.717. The van der Waals surface area contributed by atoms with Crippen molar-refractivity contribution in [1.82, 2.24) is 5.32 Å². The number of anilines is 1. The zero-order chi connectivity index (χ0) is 20.6. The first-order chi connectivity index (χ1) is 13.9. The van der Waals surface area contributed by atoms with E-state index in [-0.39, 0.29) is 33.3 Å². The van der Waals surface area contributed by atoms with Gasteiger partial charge in [-0.15, -0.1) is 0 Å². The summed E-state index contributed by atoms with van der Waals surface area (Å²) in [6.07, 6.45) is 4.74. The lowest BCUT2D eigenvalue weighted by Gasteiger charge is -2.23. The summed E-state index contributed by atoms with van der Waals surface area (Å²) in [5, 5.41) is 6.29. The van der Waals surface area contributed by atoms with Crippen LogP contribution in [0.4, 0.5) is 5.69 Å². The van der Waals surface area contributed by atoms with Crippen molar-refractivity contribution in [2.75, 3.05) is 11.9 Å². The van der Waals surface area contributed by atoms with Crippen molar-refractivity contribution in [3.05, 3.63) is 53.1 Å². The van der Waals surface area contributed by atoms with Crippen LogP contribution in [0.25, 0.3) is 0 Å². The van der Waals surface area contributed by atoms with Crippen LogP contribution in [0.5, 0.6) is 0 Å². The van der Waals surface area contributed by atoms with Crippen molar-refractivity contribution in [1.29, 1.82) is 0 Å². The molecule has 2 saturated carbocycles. The largest absolute Gasteiger partial charge is 0.375 e. The Labute approximate surface area is 176 Å². The average molecular weight is 433 g/mol. The van der Waals surface area contributed by atoms with Crippen molar-refractivity contribution >= 4 is 33.0 Å². The maximum atomic E-state index is 13.2. The maximum absolute atomic E-state index is 13.2. The Hall–Kier alpha value is -2.05. The van der Waals surface area contributed by atoms with Gasteiger partial charge >= 0.3 is 0 Å². The minimum atomic E-state index is -3.83. The number of hydrogen-bond acceptors (Lipinski definition) is 4. The van der Waals surface area contributed by atoms with Gasteiger partial charge in [-0.05, 0) is 61.8 Å². The molecule has 3 unspecified atom stereocenters. The van der Waals surface area contributed by atoms with Gasteiger partial charge in [0, 0.05) is 6.04 Å². The molecule has 0 aromatic heterocycles. The van der Waals surface area contributed by atoms with Crippen LogP contribution in [0, 0.1) is 18.8 Å². The van der Waals surface area contributed by atoms with Gasteiger partial charge in [0.15, 0.2) is 0 Å². The molecule has 2 aromatic carbocycles. The molecule has 5 nitrogen and oxygen atoms in total. The van der Waals surface area contributed by atoms with E-state index in [1.807, 2.05) is 0 Å². The summed E-state index contributed by atoms with van der Waals surface area (Å²) in [6, 6.07) is 11.9. The molecule has 1 amide bonds. The van der Waals surface area contributed by atoms with Crippen molar-refractivity contribution in [2.24, 2.45) is 11.8 Å². The molecular formula is C22H25ClN2O3S. The average Bonchev–Trinajstić information content (AvgIpc) is 3.32. The molecule has 2 aromatic rings. The van der Waals surface area contributed by atoms with E-state index in [0.29, 0.717) is 17.2 Å². The highest BCUT2D eigenvalue weighted by Gasteiger charge is 2.40. The summed E-state index contributed by atoms with van der Waals surface area (Å²) in [7, 11) is -3.83. The molecule has 7 heteroatoms. The number of sulfone groups is 1. The number of carbonyl (C=O) groups is 1. The molecule has 2 aliphatic rings. The standard InChI is InChI=1S/C22H25ClN2O3S/c1-14-7-10-18(22(21(14)23)29(27,28)17-5-3-2-4-6-17)24-13-20(26)25-19-12-15-8-9-16(19)11-15/h2-7,10,15-16,19,24H,8-9,11-13H2,1H3,(H,25,26). The first-order valence-electron chi connectivity index (χ1n) is 9.98. The Morgan fingerprint density at radius 2 is 1.86 bits per heavy atom. The molecule has 3 atom stereocenters. The van der Waals surface area contributed by atoms with Gasteiger partial charge in [-0.3, -0.25) is 4.79 Å². The van der Waals surface area contributed by atoms with Crippen LogP contribution in [-0.2, 0) is 14.6 Å².